The highest BCUT2D eigenvalue weighted by atomic mass is 16.8. The molecule has 0 saturated carbocycles. The zero-order valence-corrected chi connectivity index (χ0v) is 36.3. The zero-order chi connectivity index (χ0) is 44.5. The highest BCUT2D eigenvalue weighted by Crippen LogP contribution is 2.34. The molecule has 0 spiro atoms. The Morgan fingerprint density at radius 2 is 0.569 bits per heavy atom. The van der Waals surface area contributed by atoms with Gasteiger partial charge in [-0.3, -0.25) is 0 Å². The third kappa shape index (κ3) is 13.5. The van der Waals surface area contributed by atoms with Crippen molar-refractivity contribution in [1.29, 1.82) is 0 Å². The first kappa shape index (κ1) is 46.4. The van der Waals surface area contributed by atoms with Gasteiger partial charge in [0, 0.05) is 0 Å². The number of hydrogen-bond acceptors (Lipinski definition) is 11. The van der Waals surface area contributed by atoms with Crippen LogP contribution in [-0.4, -0.2) is 84.8 Å². The molecule has 2 N–H and O–H groups in total. The molecule has 0 unspecified atom stereocenters. The van der Waals surface area contributed by atoms with Crippen LogP contribution in [0.25, 0.3) is 0 Å². The van der Waals surface area contributed by atoms with E-state index in [4.69, 9.17) is 42.6 Å². The maximum absolute atomic E-state index is 12.3. The molecule has 2 aliphatic rings. The summed E-state index contributed by atoms with van der Waals surface area (Å²) < 4.78 is 58.8. The molecule has 2 heterocycles. The number of aliphatic hydroxyl groups excluding tert-OH is 2. The van der Waals surface area contributed by atoms with Gasteiger partial charge in [0.15, 0.2) is 12.6 Å². The average molecular weight is 883 g/mol. The van der Waals surface area contributed by atoms with E-state index < -0.39 is 61.4 Å². The van der Waals surface area contributed by atoms with Crippen molar-refractivity contribution in [2.24, 2.45) is 0 Å². The molecule has 2 saturated heterocycles. The molecule has 0 bridgehead atoms. The third-order valence-corrected chi connectivity index (χ3v) is 11.4. The van der Waals surface area contributed by atoms with Crippen LogP contribution in [-0.2, 0) is 82.3 Å². The lowest BCUT2D eigenvalue weighted by Crippen LogP contribution is -2.65. The van der Waals surface area contributed by atoms with Crippen molar-refractivity contribution in [3.05, 3.63) is 215 Å². The van der Waals surface area contributed by atoms with E-state index in [0.717, 1.165) is 33.4 Å². The van der Waals surface area contributed by atoms with Crippen LogP contribution >= 0.6 is 0 Å². The number of benzene rings is 6. The van der Waals surface area contributed by atoms with Crippen molar-refractivity contribution in [2.45, 2.75) is 101 Å². The van der Waals surface area contributed by atoms with Crippen molar-refractivity contribution in [3.8, 4) is 0 Å². The van der Waals surface area contributed by atoms with E-state index in [1.54, 1.807) is 0 Å². The van der Waals surface area contributed by atoms with Gasteiger partial charge in [-0.25, -0.2) is 0 Å². The highest BCUT2D eigenvalue weighted by Gasteiger charge is 2.52. The van der Waals surface area contributed by atoms with Gasteiger partial charge < -0.3 is 52.8 Å². The summed E-state index contributed by atoms with van der Waals surface area (Å²) in [6.45, 7) is 1.60. The summed E-state index contributed by atoms with van der Waals surface area (Å²) in [5.41, 5.74) is 5.67. The molecule has 11 heteroatoms. The second-order valence-corrected chi connectivity index (χ2v) is 16.2. The Morgan fingerprint density at radius 3 is 0.846 bits per heavy atom. The molecule has 0 aliphatic carbocycles. The predicted molar refractivity (Wildman–Crippen MR) is 243 cm³/mol. The summed E-state index contributed by atoms with van der Waals surface area (Å²) in [7, 11) is 0. The topological polar surface area (TPSA) is 124 Å². The van der Waals surface area contributed by atoms with Crippen molar-refractivity contribution in [2.75, 3.05) is 13.2 Å². The predicted octanol–water partition coefficient (Wildman–Crippen LogP) is 7.95. The number of rotatable bonds is 22. The van der Waals surface area contributed by atoms with Crippen LogP contribution in [0, 0.1) is 0 Å². The molecule has 340 valence electrons. The Balaban J connectivity index is 1.07. The van der Waals surface area contributed by atoms with Crippen LogP contribution in [0.5, 0.6) is 0 Å². The van der Waals surface area contributed by atoms with E-state index in [1.165, 1.54) is 0 Å². The molecule has 2 fully saturated rings. The first-order chi connectivity index (χ1) is 32.1. The standard InChI is InChI=1S/C54H58O11/c55-47-51(61-35-43-27-15-5-16-28-43)49(59-33-41-23-11-3-12-24-41)45(37-57-31-39-19-7-1-8-20-39)63-53(47)65-54-48(56)52(62-36-44-29-17-6-18-30-44)50(60-34-42-25-13-4-14-26-42)46(64-54)38-58-32-40-21-9-2-10-22-40/h1-30,45-56H,31-38H2/t45-,46-,47+,48+,49-,50-,51-,52-,53-,54+/m1/s1. The van der Waals surface area contributed by atoms with Crippen molar-refractivity contribution in [1.82, 2.24) is 0 Å². The molecule has 11 nitrogen and oxygen atoms in total. The largest absolute Gasteiger partial charge is 0.385 e. The van der Waals surface area contributed by atoms with Gasteiger partial charge >= 0.3 is 0 Å². The summed E-state index contributed by atoms with van der Waals surface area (Å²) in [5, 5.41) is 24.6. The Morgan fingerprint density at radius 1 is 0.323 bits per heavy atom. The fourth-order valence-corrected chi connectivity index (χ4v) is 8.00. The molecule has 6 aromatic rings. The van der Waals surface area contributed by atoms with Crippen LogP contribution < -0.4 is 0 Å². The fourth-order valence-electron chi connectivity index (χ4n) is 8.00. The highest BCUT2D eigenvalue weighted by molar-refractivity contribution is 5.18. The molecule has 10 atom stereocenters. The molecular weight excluding hydrogens is 825 g/mol. The number of hydrogen-bond donors (Lipinski definition) is 2. The molecule has 8 rings (SSSR count). The van der Waals surface area contributed by atoms with Crippen LogP contribution in [0.15, 0.2) is 182 Å². The Labute approximate surface area is 381 Å². The van der Waals surface area contributed by atoms with Crippen molar-refractivity contribution >= 4 is 0 Å². The number of aliphatic hydroxyl groups is 2. The van der Waals surface area contributed by atoms with Crippen LogP contribution in [0.1, 0.15) is 33.4 Å². The van der Waals surface area contributed by atoms with Crippen molar-refractivity contribution < 1.29 is 52.8 Å². The van der Waals surface area contributed by atoms with Crippen LogP contribution in [0.4, 0.5) is 0 Å². The fraction of sp³-hybridized carbons (Fsp3) is 0.333. The number of ether oxygens (including phenoxy) is 9. The Kier molecular flexibility index (Phi) is 17.4. The molecule has 6 aromatic carbocycles. The minimum Gasteiger partial charge on any atom is -0.385 e. The summed E-state index contributed by atoms with van der Waals surface area (Å²) in [6, 6.07) is 58.7. The van der Waals surface area contributed by atoms with Crippen LogP contribution in [0.3, 0.4) is 0 Å². The molecule has 0 amide bonds. The Hall–Kier alpha value is -5.12. The lowest BCUT2D eigenvalue weighted by atomic mass is 9.97. The summed E-state index contributed by atoms with van der Waals surface area (Å²) in [4.78, 5) is 0. The summed E-state index contributed by atoms with van der Waals surface area (Å²) in [6.07, 6.45) is -10.6. The minimum absolute atomic E-state index is 0.0777. The maximum atomic E-state index is 12.3. The van der Waals surface area contributed by atoms with Gasteiger partial charge in [0.05, 0.1) is 52.9 Å². The van der Waals surface area contributed by atoms with E-state index in [2.05, 4.69) is 0 Å². The SMILES string of the molecule is O[C@@H]1[C@H](O[C@H]2O[C@H](COCc3ccccc3)[C@@H](OCc3ccccc3)[C@H](OCc3ccccc3)[C@@H]2O)O[C@H](COCc2ccccc2)[C@@H](OCc2ccccc2)[C@@H]1OCc1ccccc1. The Bertz CT molecular complexity index is 2050. The normalized spacial score (nSPS) is 25.6. The van der Waals surface area contributed by atoms with Crippen LogP contribution in [0.2, 0.25) is 0 Å². The summed E-state index contributed by atoms with van der Waals surface area (Å²) >= 11 is 0. The molecular formula is C54H58O11. The molecule has 65 heavy (non-hydrogen) atoms. The molecule has 0 radical (unpaired) electrons. The quantitative estimate of drug-likeness (QED) is 0.0691. The third-order valence-electron chi connectivity index (χ3n) is 11.4. The van der Waals surface area contributed by atoms with E-state index in [1.807, 2.05) is 182 Å². The van der Waals surface area contributed by atoms with Gasteiger partial charge in [-0.1, -0.05) is 182 Å². The maximum Gasteiger partial charge on any atom is 0.189 e. The van der Waals surface area contributed by atoms with E-state index in [-0.39, 0.29) is 39.6 Å². The minimum atomic E-state index is -1.40. The van der Waals surface area contributed by atoms with Gasteiger partial charge in [-0.05, 0) is 33.4 Å². The lowest BCUT2D eigenvalue weighted by Gasteiger charge is -2.48. The molecule has 2 aliphatic heterocycles. The monoisotopic (exact) mass is 882 g/mol. The zero-order valence-electron chi connectivity index (χ0n) is 36.3. The van der Waals surface area contributed by atoms with E-state index in [0.29, 0.717) is 13.2 Å². The van der Waals surface area contributed by atoms with E-state index >= 15 is 0 Å². The second-order valence-electron chi connectivity index (χ2n) is 16.2. The van der Waals surface area contributed by atoms with Crippen molar-refractivity contribution in [3.63, 3.8) is 0 Å². The smallest absolute Gasteiger partial charge is 0.189 e. The summed E-state index contributed by atoms with van der Waals surface area (Å²) in [5.74, 6) is 0. The van der Waals surface area contributed by atoms with E-state index in [9.17, 15) is 10.2 Å². The van der Waals surface area contributed by atoms with Gasteiger partial charge in [0.1, 0.15) is 48.8 Å². The lowest BCUT2D eigenvalue weighted by molar-refractivity contribution is -0.387. The average Bonchev–Trinajstić information content (AvgIpc) is 3.36. The van der Waals surface area contributed by atoms with Gasteiger partial charge in [0.2, 0.25) is 0 Å². The van der Waals surface area contributed by atoms with Gasteiger partial charge in [-0.2, -0.15) is 0 Å². The first-order valence-corrected chi connectivity index (χ1v) is 22.3. The molecule has 0 aromatic heterocycles. The van der Waals surface area contributed by atoms with Gasteiger partial charge in [0.25, 0.3) is 0 Å². The first-order valence-electron chi connectivity index (χ1n) is 22.3. The van der Waals surface area contributed by atoms with Gasteiger partial charge in [-0.15, -0.1) is 0 Å². The second kappa shape index (κ2) is 24.4.